The van der Waals surface area contributed by atoms with Gasteiger partial charge in [0.1, 0.15) is 29.9 Å². The topological polar surface area (TPSA) is 116 Å². The molecule has 186 valence electrons. The van der Waals surface area contributed by atoms with E-state index in [2.05, 4.69) is 25.6 Å². The van der Waals surface area contributed by atoms with Crippen molar-refractivity contribution >= 4 is 34.1 Å². The molecule has 2 N–H and O–H groups in total. The molecule has 0 aliphatic heterocycles. The number of fused-ring (bicyclic) bond motifs is 1. The van der Waals surface area contributed by atoms with Crippen molar-refractivity contribution in [2.45, 2.75) is 13.8 Å². The van der Waals surface area contributed by atoms with Gasteiger partial charge in [-0.15, -0.1) is 0 Å². The highest BCUT2D eigenvalue weighted by Crippen LogP contribution is 2.29. The molecule has 5 aromatic rings. The highest BCUT2D eigenvalue weighted by molar-refractivity contribution is 5.91. The van der Waals surface area contributed by atoms with E-state index < -0.39 is 0 Å². The van der Waals surface area contributed by atoms with Crippen LogP contribution in [-0.2, 0) is 9.53 Å². The number of ether oxygens (including phenoxy) is 2. The van der Waals surface area contributed by atoms with E-state index in [1.54, 1.807) is 23.0 Å². The molecule has 3 aromatic heterocycles. The highest BCUT2D eigenvalue weighted by Gasteiger charge is 2.12. The zero-order valence-electron chi connectivity index (χ0n) is 20.6. The minimum atomic E-state index is -0.215. The lowest BCUT2D eigenvalue weighted by molar-refractivity contribution is -0.119. The fourth-order valence-electron chi connectivity index (χ4n) is 3.71. The molecule has 1 amide bonds. The summed E-state index contributed by atoms with van der Waals surface area (Å²) in [5.74, 6) is 1.80. The molecule has 3 heterocycles. The lowest BCUT2D eigenvalue weighted by Gasteiger charge is -2.11. The maximum Gasteiger partial charge on any atom is 0.250 e. The van der Waals surface area contributed by atoms with Crippen LogP contribution in [0.25, 0.3) is 16.7 Å². The molecule has 5 rings (SSSR count). The van der Waals surface area contributed by atoms with Gasteiger partial charge in [-0.2, -0.15) is 5.10 Å². The normalized spacial score (nSPS) is 10.9. The van der Waals surface area contributed by atoms with Crippen LogP contribution < -0.4 is 15.4 Å². The summed E-state index contributed by atoms with van der Waals surface area (Å²) < 4.78 is 12.5. The first kappa shape index (κ1) is 23.9. The van der Waals surface area contributed by atoms with E-state index in [0.717, 1.165) is 28.4 Å². The third-order valence-electron chi connectivity index (χ3n) is 5.54. The molecule has 2 aromatic carbocycles. The van der Waals surface area contributed by atoms with Crippen LogP contribution in [-0.4, -0.2) is 44.4 Å². The summed E-state index contributed by atoms with van der Waals surface area (Å²) >= 11 is 0. The molecule has 0 unspecified atom stereocenters. The maximum atomic E-state index is 11.7. The van der Waals surface area contributed by atoms with Crippen molar-refractivity contribution in [3.05, 3.63) is 84.6 Å². The maximum absolute atomic E-state index is 11.7. The van der Waals surface area contributed by atoms with E-state index in [1.807, 2.05) is 62.5 Å². The van der Waals surface area contributed by atoms with Gasteiger partial charge in [0.2, 0.25) is 5.91 Å². The van der Waals surface area contributed by atoms with Crippen molar-refractivity contribution in [3.63, 3.8) is 0 Å². The standard InChI is InChI=1S/C27H25N7O3/c1-17-12-20(7-11-24(17)37-22-10-4-18(2)28-13-22)32-27-26-23(29-16-30-27)14-34(33-26)21-8-5-19(6-9-21)31-25(35)15-36-3/h4-14,16H,15H2,1-3H3,(H,31,35)(H,29,30,32). The van der Waals surface area contributed by atoms with E-state index in [-0.39, 0.29) is 12.5 Å². The Morgan fingerprint density at radius 2 is 1.78 bits per heavy atom. The number of amides is 1. The van der Waals surface area contributed by atoms with Crippen LogP contribution in [0, 0.1) is 13.8 Å². The second kappa shape index (κ2) is 10.4. The van der Waals surface area contributed by atoms with Gasteiger partial charge in [0, 0.05) is 24.2 Å². The Morgan fingerprint density at radius 1 is 0.973 bits per heavy atom. The summed E-state index contributed by atoms with van der Waals surface area (Å²) in [7, 11) is 1.48. The molecular weight excluding hydrogens is 470 g/mol. The monoisotopic (exact) mass is 495 g/mol. The summed E-state index contributed by atoms with van der Waals surface area (Å²) in [6, 6.07) is 17.0. The molecule has 0 saturated heterocycles. The van der Waals surface area contributed by atoms with Gasteiger partial charge in [-0.1, -0.05) is 0 Å². The fourth-order valence-corrected chi connectivity index (χ4v) is 3.71. The van der Waals surface area contributed by atoms with Crippen LogP contribution in [0.4, 0.5) is 17.2 Å². The lowest BCUT2D eigenvalue weighted by atomic mass is 10.2. The molecular formula is C27H25N7O3. The Labute approximate surface area is 213 Å². The van der Waals surface area contributed by atoms with Gasteiger partial charge in [-0.3, -0.25) is 9.78 Å². The molecule has 37 heavy (non-hydrogen) atoms. The number of hydrogen-bond acceptors (Lipinski definition) is 8. The Bertz CT molecular complexity index is 1550. The average Bonchev–Trinajstić information content (AvgIpc) is 3.33. The van der Waals surface area contributed by atoms with Crippen molar-refractivity contribution in [1.82, 2.24) is 24.7 Å². The fraction of sp³-hybridized carbons (Fsp3) is 0.148. The van der Waals surface area contributed by atoms with Gasteiger partial charge in [-0.25, -0.2) is 14.6 Å². The van der Waals surface area contributed by atoms with Crippen molar-refractivity contribution in [2.24, 2.45) is 0 Å². The summed E-state index contributed by atoms with van der Waals surface area (Å²) in [4.78, 5) is 24.8. The van der Waals surface area contributed by atoms with Gasteiger partial charge in [0.25, 0.3) is 0 Å². The summed E-state index contributed by atoms with van der Waals surface area (Å²) in [6.45, 7) is 3.92. The zero-order chi connectivity index (χ0) is 25.8. The molecule has 0 bridgehead atoms. The Balaban J connectivity index is 1.34. The number of aryl methyl sites for hydroxylation is 2. The largest absolute Gasteiger partial charge is 0.455 e. The Morgan fingerprint density at radius 3 is 2.51 bits per heavy atom. The van der Waals surface area contributed by atoms with Gasteiger partial charge < -0.3 is 20.1 Å². The second-order valence-corrected chi connectivity index (χ2v) is 8.40. The predicted octanol–water partition coefficient (Wildman–Crippen LogP) is 4.95. The Hall–Kier alpha value is -4.83. The minimum absolute atomic E-state index is 0.000244. The molecule has 0 saturated carbocycles. The van der Waals surface area contributed by atoms with Crippen LogP contribution >= 0.6 is 0 Å². The van der Waals surface area contributed by atoms with Crippen LogP contribution in [0.5, 0.6) is 11.5 Å². The van der Waals surface area contributed by atoms with Crippen molar-refractivity contribution in [1.29, 1.82) is 0 Å². The SMILES string of the molecule is COCC(=O)Nc1ccc(-n2cc3ncnc(Nc4ccc(Oc5ccc(C)nc5)c(C)c4)c3n2)cc1. The van der Waals surface area contributed by atoms with Gasteiger partial charge in [0.15, 0.2) is 11.3 Å². The summed E-state index contributed by atoms with van der Waals surface area (Å²) in [6.07, 6.45) is 5.04. The van der Waals surface area contributed by atoms with E-state index in [4.69, 9.17) is 14.6 Å². The number of nitrogens with one attached hydrogen (secondary N) is 2. The van der Waals surface area contributed by atoms with Gasteiger partial charge in [-0.05, 0) is 74.0 Å². The average molecular weight is 496 g/mol. The highest BCUT2D eigenvalue weighted by atomic mass is 16.5. The second-order valence-electron chi connectivity index (χ2n) is 8.40. The lowest BCUT2D eigenvalue weighted by Crippen LogP contribution is -2.16. The van der Waals surface area contributed by atoms with E-state index in [0.29, 0.717) is 28.3 Å². The number of pyridine rings is 1. The first-order valence-corrected chi connectivity index (χ1v) is 11.6. The molecule has 0 aliphatic rings. The van der Waals surface area contributed by atoms with Gasteiger partial charge in [0.05, 0.1) is 18.1 Å². The van der Waals surface area contributed by atoms with Crippen LogP contribution in [0.1, 0.15) is 11.3 Å². The van der Waals surface area contributed by atoms with E-state index in [1.165, 1.54) is 13.4 Å². The zero-order valence-corrected chi connectivity index (χ0v) is 20.6. The van der Waals surface area contributed by atoms with E-state index in [9.17, 15) is 4.79 Å². The number of nitrogens with zero attached hydrogens (tertiary/aromatic N) is 5. The molecule has 0 spiro atoms. The third-order valence-corrected chi connectivity index (χ3v) is 5.54. The first-order valence-electron chi connectivity index (χ1n) is 11.6. The predicted molar refractivity (Wildman–Crippen MR) is 141 cm³/mol. The number of anilines is 3. The Kier molecular flexibility index (Phi) is 6.73. The smallest absolute Gasteiger partial charge is 0.250 e. The molecule has 10 nitrogen and oxygen atoms in total. The minimum Gasteiger partial charge on any atom is -0.455 e. The van der Waals surface area contributed by atoms with Crippen LogP contribution in [0.2, 0.25) is 0 Å². The summed E-state index contributed by atoms with van der Waals surface area (Å²) in [5, 5.41) is 10.8. The van der Waals surface area contributed by atoms with Crippen LogP contribution in [0.3, 0.4) is 0 Å². The van der Waals surface area contributed by atoms with Crippen LogP contribution in [0.15, 0.2) is 73.3 Å². The number of hydrogen-bond donors (Lipinski definition) is 2. The quantitative estimate of drug-likeness (QED) is 0.311. The molecule has 0 aliphatic carbocycles. The van der Waals surface area contributed by atoms with Crippen molar-refractivity contribution in [2.75, 3.05) is 24.4 Å². The van der Waals surface area contributed by atoms with Crippen molar-refractivity contribution in [3.8, 4) is 17.2 Å². The molecule has 0 atom stereocenters. The third kappa shape index (κ3) is 5.54. The number of methoxy groups -OCH3 is 1. The van der Waals surface area contributed by atoms with Crippen molar-refractivity contribution < 1.29 is 14.3 Å². The summed E-state index contributed by atoms with van der Waals surface area (Å²) in [5.41, 5.74) is 5.55. The van der Waals surface area contributed by atoms with E-state index >= 15 is 0 Å². The molecule has 0 radical (unpaired) electrons. The molecule has 10 heteroatoms. The number of benzene rings is 2. The first-order chi connectivity index (χ1) is 18.0. The number of carbonyl (C=O) groups is 1. The molecule has 0 fully saturated rings. The number of rotatable bonds is 8. The number of aromatic nitrogens is 5. The number of carbonyl (C=O) groups excluding carboxylic acids is 1. The van der Waals surface area contributed by atoms with Gasteiger partial charge >= 0.3 is 0 Å².